The van der Waals surface area contributed by atoms with Crippen LogP contribution in [-0.2, 0) is 11.3 Å². The van der Waals surface area contributed by atoms with E-state index in [1.165, 1.54) is 25.6 Å². The Kier molecular flexibility index (Phi) is 7.54. The molecule has 0 spiro atoms. The number of hydrogen-bond donors (Lipinski definition) is 0. The summed E-state index contributed by atoms with van der Waals surface area (Å²) in [5.41, 5.74) is 1.15. The van der Waals surface area contributed by atoms with Gasteiger partial charge in [-0.25, -0.2) is 0 Å². The number of carbonyl (C=O) groups excluding carboxylic acids is 1. The fourth-order valence-corrected chi connectivity index (χ4v) is 4.27. The second kappa shape index (κ2) is 10.3. The Morgan fingerprint density at radius 3 is 2.16 bits per heavy atom. The molecule has 8 nitrogen and oxygen atoms in total. The van der Waals surface area contributed by atoms with Gasteiger partial charge in [-0.1, -0.05) is 17.4 Å². The SMILES string of the molecule is CCOCCn1c(=NC(=O)c2c(OC)cccc2OC)sc2cc(OC)c(OC)cc21. The van der Waals surface area contributed by atoms with E-state index in [1.54, 1.807) is 32.4 Å². The van der Waals surface area contributed by atoms with Gasteiger partial charge < -0.3 is 28.3 Å². The molecule has 0 N–H and O–H groups in total. The number of nitrogens with zero attached hydrogens (tertiary/aromatic N) is 2. The number of thiazole rings is 1. The van der Waals surface area contributed by atoms with Gasteiger partial charge in [-0.2, -0.15) is 4.99 Å². The second-order valence-corrected chi connectivity index (χ2v) is 7.37. The molecule has 0 atom stereocenters. The molecule has 0 fully saturated rings. The van der Waals surface area contributed by atoms with E-state index in [0.29, 0.717) is 47.6 Å². The van der Waals surface area contributed by atoms with E-state index in [9.17, 15) is 4.79 Å². The topological polar surface area (TPSA) is 80.5 Å². The summed E-state index contributed by atoms with van der Waals surface area (Å²) in [4.78, 5) is 18.1. The van der Waals surface area contributed by atoms with Crippen LogP contribution in [0.5, 0.6) is 23.0 Å². The van der Waals surface area contributed by atoms with Crippen LogP contribution < -0.4 is 23.7 Å². The van der Waals surface area contributed by atoms with E-state index in [2.05, 4.69) is 4.99 Å². The van der Waals surface area contributed by atoms with Crippen LogP contribution >= 0.6 is 11.3 Å². The predicted octanol–water partition coefficient (Wildman–Crippen LogP) is 3.51. The van der Waals surface area contributed by atoms with Crippen molar-refractivity contribution in [2.45, 2.75) is 13.5 Å². The van der Waals surface area contributed by atoms with Gasteiger partial charge >= 0.3 is 0 Å². The summed E-state index contributed by atoms with van der Waals surface area (Å²) >= 11 is 1.38. The number of methoxy groups -OCH3 is 4. The number of hydrogen-bond acceptors (Lipinski definition) is 7. The van der Waals surface area contributed by atoms with Crippen LogP contribution in [0, 0.1) is 0 Å². The molecule has 0 unspecified atom stereocenters. The first kappa shape index (κ1) is 22.6. The molecule has 3 aromatic rings. The maximum Gasteiger partial charge on any atom is 0.287 e. The van der Waals surface area contributed by atoms with Crippen LogP contribution in [0.2, 0.25) is 0 Å². The summed E-state index contributed by atoms with van der Waals surface area (Å²) < 4.78 is 30.0. The molecule has 1 heterocycles. The van der Waals surface area contributed by atoms with Crippen LogP contribution in [0.3, 0.4) is 0 Å². The molecule has 2 aromatic carbocycles. The minimum atomic E-state index is -0.454. The Morgan fingerprint density at radius 1 is 0.968 bits per heavy atom. The van der Waals surface area contributed by atoms with Gasteiger partial charge in [0.2, 0.25) is 0 Å². The normalized spacial score (nSPS) is 11.6. The molecular formula is C22H26N2O6S. The Labute approximate surface area is 184 Å². The standard InChI is InChI=1S/C22H26N2O6S/c1-6-30-11-10-24-14-12-17(28-4)18(29-5)13-19(14)31-22(24)23-21(25)20-15(26-2)8-7-9-16(20)27-3/h7-9,12-13H,6,10-11H2,1-5H3. The van der Waals surface area contributed by atoms with Gasteiger partial charge in [0.15, 0.2) is 16.3 Å². The first-order valence-electron chi connectivity index (χ1n) is 9.71. The van der Waals surface area contributed by atoms with Crippen molar-refractivity contribution in [1.82, 2.24) is 4.57 Å². The van der Waals surface area contributed by atoms with E-state index in [1.807, 2.05) is 23.6 Å². The number of rotatable bonds is 9. The third-order valence-corrected chi connectivity index (χ3v) is 5.73. The van der Waals surface area contributed by atoms with Crippen LogP contribution in [0.25, 0.3) is 10.2 Å². The third-order valence-electron chi connectivity index (χ3n) is 4.69. The average molecular weight is 447 g/mol. The molecule has 166 valence electrons. The predicted molar refractivity (Wildman–Crippen MR) is 119 cm³/mol. The van der Waals surface area contributed by atoms with Crippen molar-refractivity contribution in [3.05, 3.63) is 40.7 Å². The van der Waals surface area contributed by atoms with Crippen molar-refractivity contribution in [1.29, 1.82) is 0 Å². The van der Waals surface area contributed by atoms with Gasteiger partial charge in [-0.05, 0) is 19.1 Å². The zero-order chi connectivity index (χ0) is 22.4. The van der Waals surface area contributed by atoms with Crippen molar-refractivity contribution in [2.75, 3.05) is 41.7 Å². The highest BCUT2D eigenvalue weighted by atomic mass is 32.1. The molecule has 1 amide bonds. The van der Waals surface area contributed by atoms with Gasteiger partial charge in [-0.3, -0.25) is 4.79 Å². The van der Waals surface area contributed by atoms with Crippen LogP contribution in [-0.4, -0.2) is 52.1 Å². The van der Waals surface area contributed by atoms with Crippen LogP contribution in [0.1, 0.15) is 17.3 Å². The van der Waals surface area contributed by atoms with Gasteiger partial charge in [0.05, 0.1) is 45.3 Å². The van der Waals surface area contributed by atoms with E-state index in [4.69, 9.17) is 23.7 Å². The number of benzene rings is 2. The Morgan fingerprint density at radius 2 is 1.58 bits per heavy atom. The fourth-order valence-electron chi connectivity index (χ4n) is 3.20. The van der Waals surface area contributed by atoms with Crippen molar-refractivity contribution in [2.24, 2.45) is 4.99 Å². The molecular weight excluding hydrogens is 420 g/mol. The lowest BCUT2D eigenvalue weighted by atomic mass is 10.1. The number of carbonyl (C=O) groups is 1. The van der Waals surface area contributed by atoms with Gasteiger partial charge in [0, 0.05) is 25.3 Å². The zero-order valence-corrected chi connectivity index (χ0v) is 19.1. The van der Waals surface area contributed by atoms with E-state index in [-0.39, 0.29) is 5.56 Å². The summed E-state index contributed by atoms with van der Waals surface area (Å²) in [5.74, 6) is 1.56. The zero-order valence-electron chi connectivity index (χ0n) is 18.3. The molecule has 0 aliphatic rings. The number of aromatic nitrogens is 1. The molecule has 0 aliphatic heterocycles. The lowest BCUT2D eigenvalue weighted by molar-refractivity contribution is 0.0990. The third kappa shape index (κ3) is 4.67. The lowest BCUT2D eigenvalue weighted by Gasteiger charge is -2.10. The Bertz CT molecular complexity index is 1110. The Balaban J connectivity index is 2.19. The summed E-state index contributed by atoms with van der Waals surface area (Å²) in [6, 6.07) is 8.92. The summed E-state index contributed by atoms with van der Waals surface area (Å²) in [6.07, 6.45) is 0. The van der Waals surface area contributed by atoms with Crippen LogP contribution in [0.4, 0.5) is 0 Å². The molecule has 1 aromatic heterocycles. The smallest absolute Gasteiger partial charge is 0.287 e. The van der Waals surface area contributed by atoms with Crippen molar-refractivity contribution in [3.63, 3.8) is 0 Å². The summed E-state index contributed by atoms with van der Waals surface area (Å²) in [7, 11) is 6.18. The summed E-state index contributed by atoms with van der Waals surface area (Å²) in [6.45, 7) is 3.55. The minimum Gasteiger partial charge on any atom is -0.496 e. The van der Waals surface area contributed by atoms with E-state index >= 15 is 0 Å². The molecule has 0 saturated carbocycles. The monoisotopic (exact) mass is 446 g/mol. The number of amides is 1. The van der Waals surface area contributed by atoms with Gasteiger partial charge in [0.25, 0.3) is 5.91 Å². The molecule has 0 saturated heterocycles. The largest absolute Gasteiger partial charge is 0.496 e. The highest BCUT2D eigenvalue weighted by Crippen LogP contribution is 2.34. The highest BCUT2D eigenvalue weighted by Gasteiger charge is 2.19. The average Bonchev–Trinajstić information content (AvgIpc) is 3.13. The fraction of sp³-hybridized carbons (Fsp3) is 0.364. The Hall–Kier alpha value is -3.04. The van der Waals surface area contributed by atoms with Gasteiger partial charge in [-0.15, -0.1) is 0 Å². The molecule has 0 aliphatic carbocycles. The lowest BCUT2D eigenvalue weighted by Crippen LogP contribution is -2.20. The van der Waals surface area contributed by atoms with Crippen molar-refractivity contribution < 1.29 is 28.5 Å². The minimum absolute atomic E-state index is 0.275. The van der Waals surface area contributed by atoms with E-state index < -0.39 is 5.91 Å². The highest BCUT2D eigenvalue weighted by molar-refractivity contribution is 7.16. The molecule has 0 radical (unpaired) electrons. The van der Waals surface area contributed by atoms with E-state index in [0.717, 1.165) is 10.2 Å². The van der Waals surface area contributed by atoms with Crippen molar-refractivity contribution in [3.8, 4) is 23.0 Å². The summed E-state index contributed by atoms with van der Waals surface area (Å²) in [5, 5.41) is 0. The van der Waals surface area contributed by atoms with Crippen molar-refractivity contribution >= 4 is 27.5 Å². The first-order valence-corrected chi connectivity index (χ1v) is 10.5. The maximum atomic E-state index is 13.2. The number of ether oxygens (including phenoxy) is 5. The molecule has 3 rings (SSSR count). The maximum absolute atomic E-state index is 13.2. The number of fused-ring (bicyclic) bond motifs is 1. The van der Waals surface area contributed by atoms with Crippen LogP contribution in [0.15, 0.2) is 35.3 Å². The molecule has 0 bridgehead atoms. The second-order valence-electron chi connectivity index (χ2n) is 6.36. The first-order chi connectivity index (χ1) is 15.1. The van der Waals surface area contributed by atoms with Gasteiger partial charge in [0.1, 0.15) is 17.1 Å². The quantitative estimate of drug-likeness (QED) is 0.468. The molecule has 9 heteroatoms. The molecule has 31 heavy (non-hydrogen) atoms.